The lowest BCUT2D eigenvalue weighted by Gasteiger charge is -2.25. The summed E-state index contributed by atoms with van der Waals surface area (Å²) in [6.07, 6.45) is -0.269. The van der Waals surface area contributed by atoms with Gasteiger partial charge in [-0.3, -0.25) is 0 Å². The number of carbonyl (C=O) groups is 3. The molecule has 1 N–H and O–H groups in total. The maximum Gasteiger partial charge on any atom is 0.428 e. The van der Waals surface area contributed by atoms with Crippen molar-refractivity contribution in [2.24, 2.45) is 0 Å². The number of hydrogen-bond donors (Lipinski definition) is 1. The predicted octanol–water partition coefficient (Wildman–Crippen LogP) is 3.15. The summed E-state index contributed by atoms with van der Waals surface area (Å²) in [4.78, 5) is 35.0. The van der Waals surface area contributed by atoms with Gasteiger partial charge >= 0.3 is 18.2 Å². The number of amides is 4. The second kappa shape index (κ2) is 6.83. The fraction of sp³-hybridized carbons (Fsp3) is 0.750. The second-order valence-electron chi connectivity index (χ2n) is 5.89. The minimum absolute atomic E-state index is 0.704. The highest BCUT2D eigenvalue weighted by Crippen LogP contribution is 2.15. The van der Waals surface area contributed by atoms with Gasteiger partial charge in [-0.2, -0.15) is 4.31 Å². The van der Waals surface area contributed by atoms with Gasteiger partial charge in [0.15, 0.2) is 0 Å². The molecule has 0 bridgehead atoms. The van der Waals surface area contributed by atoms with Gasteiger partial charge in [-0.15, -0.1) is 0 Å². The Balaban J connectivity index is 4.64. The Morgan fingerprint density at radius 1 is 0.950 bits per heavy atom. The van der Waals surface area contributed by atoms with E-state index < -0.39 is 29.4 Å². The molecule has 116 valence electrons. The molecular weight excluding hydrogens is 284 g/mol. The molecule has 0 aromatic heterocycles. The van der Waals surface area contributed by atoms with Crippen LogP contribution in [0, 0.1) is 0 Å². The van der Waals surface area contributed by atoms with E-state index in [0.717, 1.165) is 11.9 Å². The van der Waals surface area contributed by atoms with Crippen molar-refractivity contribution in [1.82, 2.24) is 9.62 Å². The fourth-order valence-corrected chi connectivity index (χ4v) is 1.38. The molecule has 0 atom stereocenters. The van der Waals surface area contributed by atoms with Gasteiger partial charge in [-0.25, -0.2) is 19.7 Å². The summed E-state index contributed by atoms with van der Waals surface area (Å²) in [6.45, 7) is 10.0. The van der Waals surface area contributed by atoms with Crippen molar-refractivity contribution < 1.29 is 23.9 Å². The van der Waals surface area contributed by atoms with Crippen molar-refractivity contribution in [2.75, 3.05) is 6.26 Å². The third kappa shape index (κ3) is 7.88. The number of imide groups is 2. The number of rotatable bonds is 1. The van der Waals surface area contributed by atoms with Crippen LogP contribution in [0.25, 0.3) is 0 Å². The second-order valence-corrected chi connectivity index (χ2v) is 6.62. The number of ether oxygens (including phenoxy) is 2. The highest BCUT2D eigenvalue weighted by atomic mass is 32.2. The zero-order valence-corrected chi connectivity index (χ0v) is 13.7. The molecule has 0 radical (unpaired) electrons. The molecular formula is C12H22N2O5S. The van der Waals surface area contributed by atoms with Crippen LogP contribution in [0.3, 0.4) is 0 Å². The van der Waals surface area contributed by atoms with Gasteiger partial charge in [0.25, 0.3) is 0 Å². The quantitative estimate of drug-likeness (QED) is 0.749. The number of carbonyl (C=O) groups excluding carboxylic acids is 3. The van der Waals surface area contributed by atoms with Crippen LogP contribution in [0.5, 0.6) is 0 Å². The van der Waals surface area contributed by atoms with E-state index >= 15 is 0 Å². The summed E-state index contributed by atoms with van der Waals surface area (Å²) < 4.78 is 10.7. The van der Waals surface area contributed by atoms with Crippen LogP contribution in [0.4, 0.5) is 14.4 Å². The van der Waals surface area contributed by atoms with Gasteiger partial charge in [0.1, 0.15) is 11.2 Å². The molecule has 0 aromatic rings. The topological polar surface area (TPSA) is 84.9 Å². The Labute approximate surface area is 123 Å². The van der Waals surface area contributed by atoms with Crippen LogP contribution in [-0.2, 0) is 9.47 Å². The number of nitrogens with zero attached hydrogens (tertiary/aromatic N) is 1. The lowest BCUT2D eigenvalue weighted by Crippen LogP contribution is -2.45. The molecule has 8 heteroatoms. The van der Waals surface area contributed by atoms with Gasteiger partial charge in [0.05, 0.1) is 0 Å². The first kappa shape index (κ1) is 18.6. The maximum absolute atomic E-state index is 11.8. The van der Waals surface area contributed by atoms with E-state index in [4.69, 9.17) is 9.47 Å². The van der Waals surface area contributed by atoms with Gasteiger partial charge in [0.2, 0.25) is 0 Å². The van der Waals surface area contributed by atoms with E-state index in [1.807, 2.05) is 5.32 Å². The van der Waals surface area contributed by atoms with Crippen LogP contribution in [0.2, 0.25) is 0 Å². The smallest absolute Gasteiger partial charge is 0.428 e. The fourth-order valence-electron chi connectivity index (χ4n) is 0.985. The first-order chi connectivity index (χ1) is 8.85. The number of nitrogens with one attached hydrogen (secondary N) is 1. The van der Waals surface area contributed by atoms with E-state index in [2.05, 4.69) is 0 Å². The highest BCUT2D eigenvalue weighted by Gasteiger charge is 2.29. The van der Waals surface area contributed by atoms with Gasteiger partial charge in [-0.05, 0) is 53.5 Å². The summed E-state index contributed by atoms with van der Waals surface area (Å²) in [6, 6.07) is -0.916. The molecule has 0 saturated heterocycles. The van der Waals surface area contributed by atoms with Gasteiger partial charge in [0, 0.05) is 6.26 Å². The summed E-state index contributed by atoms with van der Waals surface area (Å²) in [5.74, 6) is 0. The maximum atomic E-state index is 11.8. The molecule has 0 saturated carbocycles. The van der Waals surface area contributed by atoms with E-state index in [1.54, 1.807) is 41.5 Å². The number of urea groups is 1. The highest BCUT2D eigenvalue weighted by molar-refractivity contribution is 7.97. The summed E-state index contributed by atoms with van der Waals surface area (Å²) >= 11 is 0.826. The van der Waals surface area contributed by atoms with Crippen LogP contribution in [0.1, 0.15) is 41.5 Å². The number of alkyl carbamates (subject to hydrolysis) is 1. The van der Waals surface area contributed by atoms with Crippen molar-refractivity contribution in [3.63, 3.8) is 0 Å². The molecule has 0 fully saturated rings. The molecule has 0 rings (SSSR count). The standard InChI is InChI=1S/C12H22N2O5S/c1-11(2,3)18-9(16)13-8(15)14(20-7)10(17)19-12(4,5)6/h1-7H3,(H,13,15,16). The molecule has 0 aliphatic carbocycles. The summed E-state index contributed by atoms with van der Waals surface area (Å²) in [5.41, 5.74) is -1.47. The molecule has 0 unspecified atom stereocenters. The molecule has 0 heterocycles. The van der Waals surface area contributed by atoms with Crippen LogP contribution >= 0.6 is 11.9 Å². The van der Waals surface area contributed by atoms with Crippen molar-refractivity contribution in [3.8, 4) is 0 Å². The predicted molar refractivity (Wildman–Crippen MR) is 76.4 cm³/mol. The largest absolute Gasteiger partial charge is 0.443 e. The third-order valence-electron chi connectivity index (χ3n) is 1.53. The zero-order chi connectivity index (χ0) is 16.1. The Hall–Kier alpha value is -1.44. The van der Waals surface area contributed by atoms with Crippen LogP contribution < -0.4 is 5.32 Å². The first-order valence-electron chi connectivity index (χ1n) is 5.97. The van der Waals surface area contributed by atoms with E-state index in [0.29, 0.717) is 4.31 Å². The lowest BCUT2D eigenvalue weighted by molar-refractivity contribution is 0.0430. The first-order valence-corrected chi connectivity index (χ1v) is 7.15. The summed E-state index contributed by atoms with van der Waals surface area (Å²) in [5, 5.41) is 1.96. The monoisotopic (exact) mass is 306 g/mol. The molecule has 20 heavy (non-hydrogen) atoms. The van der Waals surface area contributed by atoms with Gasteiger partial charge < -0.3 is 9.47 Å². The van der Waals surface area contributed by atoms with Crippen molar-refractivity contribution in [3.05, 3.63) is 0 Å². The van der Waals surface area contributed by atoms with Crippen LogP contribution in [0.15, 0.2) is 0 Å². The molecule has 0 spiro atoms. The minimum Gasteiger partial charge on any atom is -0.443 e. The SMILES string of the molecule is CSN(C(=O)NC(=O)OC(C)(C)C)C(=O)OC(C)(C)C. The molecule has 0 aromatic carbocycles. The van der Waals surface area contributed by atoms with Crippen molar-refractivity contribution >= 4 is 30.2 Å². The van der Waals surface area contributed by atoms with E-state index in [-0.39, 0.29) is 0 Å². The summed E-state index contributed by atoms with van der Waals surface area (Å²) in [7, 11) is 0. The van der Waals surface area contributed by atoms with Gasteiger partial charge in [-0.1, -0.05) is 0 Å². The number of hydrogen-bond acceptors (Lipinski definition) is 6. The van der Waals surface area contributed by atoms with Crippen molar-refractivity contribution in [2.45, 2.75) is 52.7 Å². The lowest BCUT2D eigenvalue weighted by atomic mass is 10.2. The Kier molecular flexibility index (Phi) is 6.33. The van der Waals surface area contributed by atoms with Crippen LogP contribution in [-0.4, -0.2) is 40.0 Å². The Bertz CT molecular complexity index is 384. The normalized spacial score (nSPS) is 11.6. The zero-order valence-electron chi connectivity index (χ0n) is 12.9. The molecule has 0 aliphatic rings. The molecule has 4 amide bonds. The third-order valence-corrected chi connectivity index (χ3v) is 2.21. The Morgan fingerprint density at radius 2 is 1.40 bits per heavy atom. The molecule has 7 nitrogen and oxygen atoms in total. The van der Waals surface area contributed by atoms with Crippen molar-refractivity contribution in [1.29, 1.82) is 0 Å². The average molecular weight is 306 g/mol. The minimum atomic E-state index is -0.926. The average Bonchev–Trinajstić information content (AvgIpc) is 2.11. The van der Waals surface area contributed by atoms with E-state index in [9.17, 15) is 14.4 Å². The van der Waals surface area contributed by atoms with E-state index in [1.165, 1.54) is 6.26 Å². The molecule has 0 aliphatic heterocycles. The Morgan fingerprint density at radius 3 is 1.75 bits per heavy atom.